The molecule has 0 aromatic heterocycles. The molecule has 170 valence electrons. The highest BCUT2D eigenvalue weighted by Gasteiger charge is 2.28. The number of hydrogen-bond donors (Lipinski definition) is 4. The van der Waals surface area contributed by atoms with E-state index in [1.54, 1.807) is 29.2 Å². The summed E-state index contributed by atoms with van der Waals surface area (Å²) in [5.74, 6) is -0.188. The zero-order valence-electron chi connectivity index (χ0n) is 18.8. The van der Waals surface area contributed by atoms with Gasteiger partial charge in [0.1, 0.15) is 0 Å². The topological polar surface area (TPSA) is 103 Å². The second-order valence-electron chi connectivity index (χ2n) is 8.40. The van der Waals surface area contributed by atoms with Gasteiger partial charge < -0.3 is 26.2 Å². The van der Waals surface area contributed by atoms with E-state index in [2.05, 4.69) is 21.3 Å². The molecule has 0 aliphatic carbocycles. The summed E-state index contributed by atoms with van der Waals surface area (Å²) in [5.41, 5.74) is 3.05. The van der Waals surface area contributed by atoms with Crippen molar-refractivity contribution in [2.45, 2.75) is 39.7 Å². The highest BCUT2D eigenvalue weighted by molar-refractivity contribution is 6.00. The number of rotatable bonds is 5. The summed E-state index contributed by atoms with van der Waals surface area (Å²) < 4.78 is 0. The molecule has 2 aromatic rings. The monoisotopic (exact) mass is 437 g/mol. The first kappa shape index (κ1) is 23.1. The van der Waals surface area contributed by atoms with E-state index in [4.69, 9.17) is 0 Å². The Kier molecular flexibility index (Phi) is 7.70. The van der Waals surface area contributed by atoms with E-state index >= 15 is 0 Å². The second kappa shape index (κ2) is 10.7. The van der Waals surface area contributed by atoms with Gasteiger partial charge >= 0.3 is 12.1 Å². The molecule has 1 fully saturated rings. The minimum atomic E-state index is -0.343. The first-order chi connectivity index (χ1) is 15.3. The van der Waals surface area contributed by atoms with Crippen LogP contribution in [0.25, 0.3) is 0 Å². The van der Waals surface area contributed by atoms with Gasteiger partial charge in [-0.05, 0) is 70.0 Å². The molecule has 0 radical (unpaired) electrons. The van der Waals surface area contributed by atoms with Crippen LogP contribution < -0.4 is 21.3 Å². The van der Waals surface area contributed by atoms with Crippen LogP contribution in [-0.4, -0.2) is 42.0 Å². The minimum absolute atomic E-state index is 0.00292. The van der Waals surface area contributed by atoms with Crippen molar-refractivity contribution in [3.8, 4) is 0 Å². The van der Waals surface area contributed by atoms with E-state index in [1.165, 1.54) is 0 Å². The van der Waals surface area contributed by atoms with E-state index in [1.807, 2.05) is 45.0 Å². The van der Waals surface area contributed by atoms with Crippen molar-refractivity contribution < 1.29 is 14.4 Å². The number of nitrogens with one attached hydrogen (secondary N) is 4. The summed E-state index contributed by atoms with van der Waals surface area (Å²) in [6, 6.07) is 13.9. The summed E-state index contributed by atoms with van der Waals surface area (Å²) in [7, 11) is 0. The number of urea groups is 2. The molecule has 3 rings (SSSR count). The first-order valence-corrected chi connectivity index (χ1v) is 10.9. The number of aryl methyl sites for hydroxylation is 1. The van der Waals surface area contributed by atoms with E-state index in [0.29, 0.717) is 30.2 Å². The molecule has 0 bridgehead atoms. The second-order valence-corrected chi connectivity index (χ2v) is 8.40. The van der Waals surface area contributed by atoms with Gasteiger partial charge in [-0.2, -0.15) is 0 Å². The fourth-order valence-corrected chi connectivity index (χ4v) is 3.55. The van der Waals surface area contributed by atoms with Gasteiger partial charge in [0.25, 0.3) is 0 Å². The normalized spacial score (nSPS) is 15.8. The van der Waals surface area contributed by atoms with Crippen LogP contribution in [0.15, 0.2) is 48.5 Å². The molecule has 5 amide bonds. The molecule has 1 aliphatic rings. The van der Waals surface area contributed by atoms with E-state index < -0.39 is 0 Å². The molecular formula is C24H31N5O3. The number of benzene rings is 2. The number of nitrogens with zero attached hydrogens (tertiary/aromatic N) is 1. The Morgan fingerprint density at radius 2 is 1.41 bits per heavy atom. The van der Waals surface area contributed by atoms with Crippen LogP contribution in [-0.2, 0) is 4.79 Å². The smallest absolute Gasteiger partial charge is 0.323 e. The maximum Gasteiger partial charge on any atom is 0.323 e. The largest absolute Gasteiger partial charge is 0.354 e. The predicted molar refractivity (Wildman–Crippen MR) is 127 cm³/mol. The van der Waals surface area contributed by atoms with Gasteiger partial charge in [-0.15, -0.1) is 0 Å². The lowest BCUT2D eigenvalue weighted by molar-refractivity contribution is -0.126. The van der Waals surface area contributed by atoms with Crippen molar-refractivity contribution in [3.05, 3.63) is 54.1 Å². The van der Waals surface area contributed by atoms with Crippen LogP contribution in [0.1, 0.15) is 32.3 Å². The van der Waals surface area contributed by atoms with Crippen molar-refractivity contribution in [2.24, 2.45) is 5.92 Å². The fraction of sp³-hybridized carbons (Fsp3) is 0.375. The lowest BCUT2D eigenvalue weighted by Crippen LogP contribution is -2.47. The van der Waals surface area contributed by atoms with Gasteiger partial charge in [0, 0.05) is 36.2 Å². The average Bonchev–Trinajstić information content (AvgIpc) is 2.76. The van der Waals surface area contributed by atoms with Gasteiger partial charge in [0.2, 0.25) is 5.91 Å². The number of hydrogen-bond acceptors (Lipinski definition) is 3. The molecule has 1 saturated heterocycles. The number of piperidine rings is 1. The van der Waals surface area contributed by atoms with E-state index in [-0.39, 0.29) is 29.9 Å². The molecular weight excluding hydrogens is 406 g/mol. The van der Waals surface area contributed by atoms with Gasteiger partial charge in [0.05, 0.1) is 5.92 Å². The van der Waals surface area contributed by atoms with Crippen LogP contribution in [0.4, 0.5) is 26.7 Å². The maximum atomic E-state index is 12.7. The Balaban J connectivity index is 1.50. The summed E-state index contributed by atoms with van der Waals surface area (Å²) in [4.78, 5) is 38.8. The number of anilines is 3. The Morgan fingerprint density at radius 1 is 0.875 bits per heavy atom. The van der Waals surface area contributed by atoms with Crippen LogP contribution in [0, 0.1) is 12.8 Å². The summed E-state index contributed by atoms with van der Waals surface area (Å²) in [6.07, 6.45) is 1.58. The van der Waals surface area contributed by atoms with Crippen molar-refractivity contribution in [1.29, 1.82) is 0 Å². The quantitative estimate of drug-likeness (QED) is 0.557. The molecule has 0 spiro atoms. The predicted octanol–water partition coefficient (Wildman–Crippen LogP) is 4.41. The fourth-order valence-electron chi connectivity index (χ4n) is 3.55. The Bertz CT molecular complexity index is 941. The molecule has 2 aromatic carbocycles. The lowest BCUT2D eigenvalue weighted by atomic mass is 9.97. The van der Waals surface area contributed by atoms with Gasteiger partial charge in [0.15, 0.2) is 0 Å². The van der Waals surface area contributed by atoms with Crippen LogP contribution in [0.2, 0.25) is 0 Å². The Labute approximate surface area is 188 Å². The molecule has 0 unspecified atom stereocenters. The summed E-state index contributed by atoms with van der Waals surface area (Å²) in [6.45, 7) is 6.86. The average molecular weight is 438 g/mol. The van der Waals surface area contributed by atoms with Crippen molar-refractivity contribution in [1.82, 2.24) is 10.2 Å². The van der Waals surface area contributed by atoms with E-state index in [0.717, 1.165) is 18.4 Å². The number of likely N-dealkylation sites (tertiary alicyclic amines) is 1. The van der Waals surface area contributed by atoms with Crippen LogP contribution >= 0.6 is 0 Å². The highest BCUT2D eigenvalue weighted by Crippen LogP contribution is 2.19. The molecule has 1 aliphatic heterocycles. The molecule has 1 atom stereocenters. The summed E-state index contributed by atoms with van der Waals surface area (Å²) >= 11 is 0. The highest BCUT2D eigenvalue weighted by atomic mass is 16.2. The molecule has 8 heteroatoms. The van der Waals surface area contributed by atoms with Crippen molar-refractivity contribution in [3.63, 3.8) is 0 Å². The standard InChI is InChI=1S/C24H31N5O3/c1-16(2)25-22(30)18-5-4-14-29(15-18)24(32)28-21-12-10-20(11-13-21)27-23(31)26-19-8-6-17(3)7-9-19/h6-13,16,18H,4-5,14-15H2,1-3H3,(H,25,30)(H,28,32)(H2,26,27,31)/t18-/m1/s1. The van der Waals surface area contributed by atoms with Crippen molar-refractivity contribution >= 4 is 35.0 Å². The third kappa shape index (κ3) is 6.73. The Morgan fingerprint density at radius 3 is 1.97 bits per heavy atom. The SMILES string of the molecule is Cc1ccc(NC(=O)Nc2ccc(NC(=O)N3CCC[C@@H](C(=O)NC(C)C)C3)cc2)cc1. The number of carbonyl (C=O) groups is 3. The molecule has 1 heterocycles. The van der Waals surface area contributed by atoms with Crippen molar-refractivity contribution in [2.75, 3.05) is 29.0 Å². The van der Waals surface area contributed by atoms with Gasteiger partial charge in [-0.1, -0.05) is 17.7 Å². The molecule has 0 saturated carbocycles. The lowest BCUT2D eigenvalue weighted by Gasteiger charge is -2.32. The number of amides is 5. The van der Waals surface area contributed by atoms with Gasteiger partial charge in [-0.25, -0.2) is 9.59 Å². The van der Waals surface area contributed by atoms with Crippen LogP contribution in [0.5, 0.6) is 0 Å². The van der Waals surface area contributed by atoms with Crippen LogP contribution in [0.3, 0.4) is 0 Å². The third-order valence-corrected chi connectivity index (χ3v) is 5.21. The first-order valence-electron chi connectivity index (χ1n) is 10.9. The minimum Gasteiger partial charge on any atom is -0.354 e. The molecule has 8 nitrogen and oxygen atoms in total. The summed E-state index contributed by atoms with van der Waals surface area (Å²) in [5, 5.41) is 11.3. The Hall–Kier alpha value is -3.55. The number of carbonyl (C=O) groups excluding carboxylic acids is 3. The maximum absolute atomic E-state index is 12.7. The zero-order valence-corrected chi connectivity index (χ0v) is 18.8. The molecule has 32 heavy (non-hydrogen) atoms. The van der Waals surface area contributed by atoms with E-state index in [9.17, 15) is 14.4 Å². The zero-order chi connectivity index (χ0) is 23.1. The third-order valence-electron chi connectivity index (χ3n) is 5.21. The van der Waals surface area contributed by atoms with Gasteiger partial charge in [-0.3, -0.25) is 4.79 Å². The molecule has 4 N–H and O–H groups in total.